The third kappa shape index (κ3) is 4.57. The van der Waals surface area contributed by atoms with Gasteiger partial charge in [-0.2, -0.15) is 4.31 Å². The second kappa shape index (κ2) is 7.29. The van der Waals surface area contributed by atoms with Gasteiger partial charge in [-0.05, 0) is 43.1 Å². The third-order valence-corrected chi connectivity index (χ3v) is 5.84. The van der Waals surface area contributed by atoms with Gasteiger partial charge >= 0.3 is 0 Å². The molecule has 1 aromatic carbocycles. The van der Waals surface area contributed by atoms with Crippen LogP contribution in [0, 0.1) is 0 Å². The zero-order valence-corrected chi connectivity index (χ0v) is 14.3. The summed E-state index contributed by atoms with van der Waals surface area (Å²) < 4.78 is 27.1. The molecule has 7 heteroatoms. The van der Waals surface area contributed by atoms with Crippen molar-refractivity contribution in [2.75, 3.05) is 19.6 Å². The van der Waals surface area contributed by atoms with Crippen molar-refractivity contribution >= 4 is 33.2 Å². The van der Waals surface area contributed by atoms with Crippen LogP contribution in [0.25, 0.3) is 0 Å². The number of rotatable bonds is 6. The van der Waals surface area contributed by atoms with E-state index in [1.165, 1.54) is 0 Å². The average molecular weight is 351 g/mol. The maximum absolute atomic E-state index is 12.7. The minimum Gasteiger partial charge on any atom is -0.315 e. The molecule has 2 rings (SSSR count). The molecule has 1 heterocycles. The first-order chi connectivity index (χ1) is 9.92. The van der Waals surface area contributed by atoms with E-state index in [4.69, 9.17) is 23.2 Å². The standard InChI is InChI=1S/C14H20Cl2N2O2S/c1-2-5-18(14-3-4-17-9-14)21(19,20)10-11-6-12(15)8-13(16)7-11/h6-8,14,17H,2-5,9-10H2,1H3. The topological polar surface area (TPSA) is 49.4 Å². The summed E-state index contributed by atoms with van der Waals surface area (Å²) in [6, 6.07) is 4.96. The predicted octanol–water partition coefficient (Wildman–Crippen LogP) is 2.90. The van der Waals surface area contributed by atoms with Crippen molar-refractivity contribution in [1.29, 1.82) is 0 Å². The predicted molar refractivity (Wildman–Crippen MR) is 87.4 cm³/mol. The molecule has 1 aliphatic heterocycles. The number of halogens is 2. The molecular weight excluding hydrogens is 331 g/mol. The average Bonchev–Trinajstić information content (AvgIpc) is 2.87. The van der Waals surface area contributed by atoms with Gasteiger partial charge in [0.1, 0.15) is 0 Å². The highest BCUT2D eigenvalue weighted by Crippen LogP contribution is 2.23. The van der Waals surface area contributed by atoms with Gasteiger partial charge in [0.2, 0.25) is 10.0 Å². The van der Waals surface area contributed by atoms with Gasteiger partial charge in [-0.3, -0.25) is 0 Å². The highest BCUT2D eigenvalue weighted by atomic mass is 35.5. The van der Waals surface area contributed by atoms with Gasteiger partial charge in [0.05, 0.1) is 5.75 Å². The highest BCUT2D eigenvalue weighted by molar-refractivity contribution is 7.88. The van der Waals surface area contributed by atoms with Crippen LogP contribution in [-0.2, 0) is 15.8 Å². The molecule has 0 aliphatic carbocycles. The molecule has 1 N–H and O–H groups in total. The summed E-state index contributed by atoms with van der Waals surface area (Å²) in [4.78, 5) is 0. The van der Waals surface area contributed by atoms with Gasteiger partial charge in [0.15, 0.2) is 0 Å². The van der Waals surface area contributed by atoms with Crippen molar-refractivity contribution < 1.29 is 8.42 Å². The molecular formula is C14H20Cl2N2O2S. The lowest BCUT2D eigenvalue weighted by atomic mass is 10.2. The van der Waals surface area contributed by atoms with Crippen molar-refractivity contribution in [1.82, 2.24) is 9.62 Å². The fraction of sp³-hybridized carbons (Fsp3) is 0.571. The molecule has 0 spiro atoms. The Balaban J connectivity index is 2.21. The smallest absolute Gasteiger partial charge is 0.218 e. The number of nitrogens with zero attached hydrogens (tertiary/aromatic N) is 1. The largest absolute Gasteiger partial charge is 0.315 e. The van der Waals surface area contributed by atoms with E-state index in [0.717, 1.165) is 25.9 Å². The second-order valence-electron chi connectivity index (χ2n) is 5.29. The molecule has 1 unspecified atom stereocenters. The van der Waals surface area contributed by atoms with Crippen LogP contribution in [0.5, 0.6) is 0 Å². The first kappa shape index (κ1) is 17.0. The van der Waals surface area contributed by atoms with Gasteiger partial charge in [0.25, 0.3) is 0 Å². The van der Waals surface area contributed by atoms with Crippen LogP contribution in [0.3, 0.4) is 0 Å². The first-order valence-electron chi connectivity index (χ1n) is 7.07. The van der Waals surface area contributed by atoms with E-state index in [2.05, 4.69) is 5.32 Å². The number of hydrogen-bond donors (Lipinski definition) is 1. The second-order valence-corrected chi connectivity index (χ2v) is 8.09. The molecule has 0 aromatic heterocycles. The van der Waals surface area contributed by atoms with E-state index in [1.54, 1.807) is 22.5 Å². The minimum atomic E-state index is -3.38. The van der Waals surface area contributed by atoms with Crippen LogP contribution in [0.1, 0.15) is 25.3 Å². The molecule has 1 aromatic rings. The summed E-state index contributed by atoms with van der Waals surface area (Å²) in [5, 5.41) is 4.13. The Bertz CT molecular complexity index is 566. The molecule has 0 amide bonds. The Labute approximate surface area is 136 Å². The lowest BCUT2D eigenvalue weighted by Gasteiger charge is -2.27. The lowest BCUT2D eigenvalue weighted by Crippen LogP contribution is -2.42. The summed E-state index contributed by atoms with van der Waals surface area (Å²) in [5.74, 6) is -0.0657. The molecule has 1 saturated heterocycles. The zero-order chi connectivity index (χ0) is 15.5. The number of nitrogens with one attached hydrogen (secondary N) is 1. The maximum atomic E-state index is 12.7. The van der Waals surface area contributed by atoms with Gasteiger partial charge in [0, 0.05) is 29.2 Å². The Hall–Kier alpha value is -0.330. The maximum Gasteiger partial charge on any atom is 0.218 e. The van der Waals surface area contributed by atoms with Crippen LogP contribution < -0.4 is 5.32 Å². The van der Waals surface area contributed by atoms with Crippen LogP contribution in [0.2, 0.25) is 10.0 Å². The molecule has 21 heavy (non-hydrogen) atoms. The Morgan fingerprint density at radius 2 is 1.95 bits per heavy atom. The Kier molecular flexibility index (Phi) is 5.91. The van der Waals surface area contributed by atoms with E-state index < -0.39 is 10.0 Å². The molecule has 4 nitrogen and oxygen atoms in total. The first-order valence-corrected chi connectivity index (χ1v) is 9.44. The van der Waals surface area contributed by atoms with Gasteiger partial charge in [-0.15, -0.1) is 0 Å². The summed E-state index contributed by atoms with van der Waals surface area (Å²) >= 11 is 11.9. The monoisotopic (exact) mass is 350 g/mol. The summed E-state index contributed by atoms with van der Waals surface area (Å²) in [5.41, 5.74) is 0.625. The third-order valence-electron chi connectivity index (χ3n) is 3.51. The fourth-order valence-electron chi connectivity index (χ4n) is 2.64. The van der Waals surface area contributed by atoms with Crippen molar-refractivity contribution in [3.8, 4) is 0 Å². The molecule has 118 valence electrons. The Morgan fingerprint density at radius 1 is 1.29 bits per heavy atom. The van der Waals surface area contributed by atoms with E-state index in [0.29, 0.717) is 22.2 Å². The molecule has 1 fully saturated rings. The van der Waals surface area contributed by atoms with Crippen LogP contribution in [-0.4, -0.2) is 38.4 Å². The summed E-state index contributed by atoms with van der Waals surface area (Å²) in [6.45, 7) is 4.11. The van der Waals surface area contributed by atoms with E-state index >= 15 is 0 Å². The summed E-state index contributed by atoms with van der Waals surface area (Å²) in [6.07, 6.45) is 1.65. The van der Waals surface area contributed by atoms with Gasteiger partial charge in [-0.25, -0.2) is 8.42 Å². The number of sulfonamides is 1. The van der Waals surface area contributed by atoms with Crippen molar-refractivity contribution in [3.63, 3.8) is 0 Å². The SMILES string of the molecule is CCCN(C1CCNC1)S(=O)(=O)Cc1cc(Cl)cc(Cl)c1. The van der Waals surface area contributed by atoms with Crippen LogP contribution in [0.15, 0.2) is 18.2 Å². The summed E-state index contributed by atoms with van der Waals surface area (Å²) in [7, 11) is -3.38. The molecule has 0 bridgehead atoms. The van der Waals surface area contributed by atoms with Gasteiger partial charge in [-0.1, -0.05) is 30.1 Å². The molecule has 0 saturated carbocycles. The van der Waals surface area contributed by atoms with Crippen molar-refractivity contribution in [2.24, 2.45) is 0 Å². The van der Waals surface area contributed by atoms with Crippen LogP contribution >= 0.6 is 23.2 Å². The van der Waals surface area contributed by atoms with E-state index in [1.807, 2.05) is 6.92 Å². The number of hydrogen-bond acceptors (Lipinski definition) is 3. The Morgan fingerprint density at radius 3 is 2.48 bits per heavy atom. The molecule has 1 aliphatic rings. The van der Waals surface area contributed by atoms with E-state index in [-0.39, 0.29) is 11.8 Å². The normalized spacial score (nSPS) is 19.3. The zero-order valence-electron chi connectivity index (χ0n) is 12.0. The number of benzene rings is 1. The van der Waals surface area contributed by atoms with E-state index in [9.17, 15) is 8.42 Å². The lowest BCUT2D eigenvalue weighted by molar-refractivity contribution is 0.334. The van der Waals surface area contributed by atoms with Gasteiger partial charge < -0.3 is 5.32 Å². The fourth-order valence-corrected chi connectivity index (χ4v) is 5.06. The quantitative estimate of drug-likeness (QED) is 0.857. The van der Waals surface area contributed by atoms with Crippen LogP contribution in [0.4, 0.5) is 0 Å². The highest BCUT2D eigenvalue weighted by Gasteiger charge is 2.31. The van der Waals surface area contributed by atoms with Crippen molar-refractivity contribution in [3.05, 3.63) is 33.8 Å². The van der Waals surface area contributed by atoms with Crippen molar-refractivity contribution in [2.45, 2.75) is 31.6 Å². The molecule has 0 radical (unpaired) electrons. The minimum absolute atomic E-state index is 0.0459. The molecule has 1 atom stereocenters.